The molecule has 4 aromatic rings. The fourth-order valence-corrected chi connectivity index (χ4v) is 10.7. The number of amides is 6. The second-order valence-electron chi connectivity index (χ2n) is 19.3. The van der Waals surface area contributed by atoms with Gasteiger partial charge in [-0.3, -0.25) is 44.3 Å². The molecule has 3 aromatic carbocycles. The number of fused-ring (bicyclic) bond motifs is 3. The minimum atomic E-state index is -0.643. The standard InChI is InChI=1S/C33H35FN4O5.C18H21N3O4/c1-19-15-37(16-20-12-22-2-5-27(21-8-10-42-11-9-21)35-31(22)26(34)13-20)18-29(19)43-24-3-4-25-23(14-24)17-38(33(25)41)28-6-7-30(39)36-32(28)40;1-10-7-19-8-15(10)25-12-2-3-13-11(6-12)9-21(18(13)24)14-4-5-16(22)20-17(14)23/h2-5,12-14,19,21,28-29H,6-11,15-18H2,1H3,(H,36,39,40);2-3,6,10,14-15,19H,4-5,7-9H2,1H3,(H,20,22,23)/t19-,28?,29-;10-,14?,15-/m11/s1. The maximum atomic E-state index is 15.2. The van der Waals surface area contributed by atoms with E-state index in [9.17, 15) is 28.8 Å². The summed E-state index contributed by atoms with van der Waals surface area (Å²) in [5.41, 5.74) is 5.12. The number of nitrogens with zero attached hydrogens (tertiary/aromatic N) is 4. The third-order valence-electron chi connectivity index (χ3n) is 14.5. The van der Waals surface area contributed by atoms with E-state index in [1.807, 2.05) is 36.4 Å². The fourth-order valence-electron chi connectivity index (χ4n) is 10.7. The van der Waals surface area contributed by atoms with E-state index in [0.29, 0.717) is 73.2 Å². The highest BCUT2D eigenvalue weighted by Crippen LogP contribution is 2.34. The second-order valence-corrected chi connectivity index (χ2v) is 19.3. The Bertz CT molecular complexity index is 2690. The number of pyridine rings is 1. The van der Waals surface area contributed by atoms with Crippen LogP contribution in [0.2, 0.25) is 0 Å². The topological polar surface area (TPSA) is 189 Å². The summed E-state index contributed by atoms with van der Waals surface area (Å²) in [4.78, 5) is 83.0. The lowest BCUT2D eigenvalue weighted by Crippen LogP contribution is -2.52. The zero-order valence-electron chi connectivity index (χ0n) is 38.3. The van der Waals surface area contributed by atoms with Crippen molar-refractivity contribution in [1.82, 2.24) is 35.6 Å². The molecule has 0 bridgehead atoms. The zero-order chi connectivity index (χ0) is 47.2. The number of rotatable bonds is 9. The van der Waals surface area contributed by atoms with Crippen LogP contribution in [0.25, 0.3) is 10.9 Å². The summed E-state index contributed by atoms with van der Waals surface area (Å²) in [6, 6.07) is 17.3. The first-order valence-corrected chi connectivity index (χ1v) is 23.8. The summed E-state index contributed by atoms with van der Waals surface area (Å²) in [5.74, 6) is 0.395. The molecule has 68 heavy (non-hydrogen) atoms. The van der Waals surface area contributed by atoms with Crippen molar-refractivity contribution in [2.75, 3.05) is 39.4 Å². The van der Waals surface area contributed by atoms with E-state index in [0.717, 1.165) is 79.2 Å². The smallest absolute Gasteiger partial charge is 0.255 e. The number of piperidine rings is 2. The van der Waals surface area contributed by atoms with Gasteiger partial charge in [0.15, 0.2) is 0 Å². The van der Waals surface area contributed by atoms with E-state index in [1.54, 1.807) is 34.1 Å². The predicted molar refractivity (Wildman–Crippen MR) is 245 cm³/mol. The lowest BCUT2D eigenvalue weighted by molar-refractivity contribution is -0.138. The minimum absolute atomic E-state index is 0.0598. The molecular formula is C51H56FN7O9. The molecule has 6 atom stereocenters. The molecule has 0 radical (unpaired) electrons. The van der Waals surface area contributed by atoms with E-state index in [4.69, 9.17) is 14.2 Å². The number of carbonyl (C=O) groups excluding carboxylic acids is 6. The van der Waals surface area contributed by atoms with Crippen molar-refractivity contribution in [1.29, 1.82) is 0 Å². The van der Waals surface area contributed by atoms with Crippen molar-refractivity contribution < 1.29 is 47.4 Å². The van der Waals surface area contributed by atoms with E-state index in [2.05, 4.69) is 39.7 Å². The normalized spacial score (nSPS) is 26.4. The van der Waals surface area contributed by atoms with Gasteiger partial charge in [0, 0.05) is 112 Å². The first kappa shape index (κ1) is 45.5. The Kier molecular flexibility index (Phi) is 12.7. The Labute approximate surface area is 393 Å². The molecule has 7 aliphatic heterocycles. The maximum absolute atomic E-state index is 15.2. The van der Waals surface area contributed by atoms with E-state index in [-0.39, 0.29) is 66.3 Å². The largest absolute Gasteiger partial charge is 0.489 e. The third kappa shape index (κ3) is 9.30. The van der Waals surface area contributed by atoms with Crippen LogP contribution in [-0.4, -0.2) is 119 Å². The summed E-state index contributed by atoms with van der Waals surface area (Å²) < 4.78 is 33.2. The molecule has 5 saturated heterocycles. The lowest BCUT2D eigenvalue weighted by Gasteiger charge is -2.29. The Morgan fingerprint density at radius 2 is 1.29 bits per heavy atom. The van der Waals surface area contributed by atoms with E-state index < -0.39 is 18.0 Å². The minimum Gasteiger partial charge on any atom is -0.489 e. The number of nitrogens with one attached hydrogen (secondary N) is 3. The number of halogens is 1. The van der Waals surface area contributed by atoms with Crippen molar-refractivity contribution in [2.24, 2.45) is 11.8 Å². The average Bonchev–Trinajstić information content (AvgIpc) is 4.07. The van der Waals surface area contributed by atoms with Crippen molar-refractivity contribution in [2.45, 2.75) is 102 Å². The maximum Gasteiger partial charge on any atom is 0.255 e. The van der Waals surface area contributed by atoms with Crippen LogP contribution in [0, 0.1) is 17.7 Å². The first-order chi connectivity index (χ1) is 32.8. The Morgan fingerprint density at radius 3 is 1.87 bits per heavy atom. The molecule has 356 valence electrons. The highest BCUT2D eigenvalue weighted by molar-refractivity contribution is 6.06. The van der Waals surface area contributed by atoms with Crippen LogP contribution in [0.4, 0.5) is 4.39 Å². The molecule has 5 fully saturated rings. The van der Waals surface area contributed by atoms with Crippen LogP contribution < -0.4 is 25.4 Å². The van der Waals surface area contributed by atoms with Gasteiger partial charge in [-0.25, -0.2) is 9.37 Å². The Hall–Kier alpha value is -6.30. The quantitative estimate of drug-likeness (QED) is 0.202. The summed E-state index contributed by atoms with van der Waals surface area (Å²) in [6.45, 7) is 10.3. The molecule has 1 aromatic heterocycles. The van der Waals surface area contributed by atoms with Crippen LogP contribution in [0.15, 0.2) is 60.7 Å². The van der Waals surface area contributed by atoms with Crippen LogP contribution >= 0.6 is 0 Å². The van der Waals surface area contributed by atoms with E-state index in [1.165, 1.54) is 0 Å². The highest BCUT2D eigenvalue weighted by Gasteiger charge is 2.41. The molecule has 0 spiro atoms. The lowest BCUT2D eigenvalue weighted by atomic mass is 9.95. The molecule has 17 heteroatoms. The number of likely N-dealkylation sites (tertiary alicyclic amines) is 1. The molecule has 0 aliphatic carbocycles. The van der Waals surface area contributed by atoms with Crippen LogP contribution in [0.1, 0.15) is 101 Å². The molecule has 6 amide bonds. The van der Waals surface area contributed by atoms with Gasteiger partial charge >= 0.3 is 0 Å². The molecule has 7 aliphatic rings. The van der Waals surface area contributed by atoms with Crippen molar-refractivity contribution >= 4 is 46.3 Å². The van der Waals surface area contributed by atoms with Gasteiger partial charge in [-0.05, 0) is 97.0 Å². The van der Waals surface area contributed by atoms with Crippen molar-refractivity contribution in [3.63, 3.8) is 0 Å². The fraction of sp³-hybridized carbons (Fsp3) is 0.471. The molecule has 11 rings (SSSR count). The van der Waals surface area contributed by atoms with Gasteiger partial charge in [0.1, 0.15) is 47.1 Å². The van der Waals surface area contributed by atoms with Gasteiger partial charge in [0.25, 0.3) is 11.8 Å². The molecule has 0 saturated carbocycles. The van der Waals surface area contributed by atoms with Gasteiger partial charge < -0.3 is 29.3 Å². The zero-order valence-corrected chi connectivity index (χ0v) is 38.3. The van der Waals surface area contributed by atoms with Gasteiger partial charge in [-0.1, -0.05) is 19.9 Å². The van der Waals surface area contributed by atoms with Crippen molar-refractivity contribution in [3.05, 3.63) is 100.0 Å². The van der Waals surface area contributed by atoms with Gasteiger partial charge in [0.2, 0.25) is 23.6 Å². The molecule has 8 heterocycles. The van der Waals surface area contributed by atoms with Crippen LogP contribution in [0.3, 0.4) is 0 Å². The Morgan fingerprint density at radius 1 is 0.691 bits per heavy atom. The van der Waals surface area contributed by atoms with Crippen molar-refractivity contribution in [3.8, 4) is 11.5 Å². The Balaban J connectivity index is 0.000000183. The highest BCUT2D eigenvalue weighted by atomic mass is 19.1. The van der Waals surface area contributed by atoms with Gasteiger partial charge in [0.05, 0.1) is 0 Å². The van der Waals surface area contributed by atoms with Gasteiger partial charge in [-0.2, -0.15) is 0 Å². The van der Waals surface area contributed by atoms with Crippen LogP contribution in [-0.2, 0) is 43.5 Å². The molecule has 2 unspecified atom stereocenters. The monoisotopic (exact) mass is 929 g/mol. The summed E-state index contributed by atoms with van der Waals surface area (Å²) in [5, 5.41) is 8.76. The SMILES string of the molecule is C[C@@H]1CN(Cc2cc(F)c3nc(C4CCOCC4)ccc3c2)C[C@H]1Oc1ccc2c(c1)CN(C1CCC(=O)NC1=O)C2=O.C[C@@H]1CNC[C@H]1Oc1ccc2c(c1)CN(C1CCC(=O)NC1=O)C2=O. The first-order valence-electron chi connectivity index (χ1n) is 23.8. The van der Waals surface area contributed by atoms with Crippen LogP contribution in [0.5, 0.6) is 11.5 Å². The van der Waals surface area contributed by atoms with E-state index >= 15 is 4.39 Å². The number of hydrogen-bond donors (Lipinski definition) is 3. The second kappa shape index (κ2) is 19.0. The average molecular weight is 930 g/mol. The predicted octanol–water partition coefficient (Wildman–Crippen LogP) is 4.36. The summed E-state index contributed by atoms with van der Waals surface area (Å²) in [7, 11) is 0. The number of aromatic nitrogens is 1. The summed E-state index contributed by atoms with van der Waals surface area (Å²) in [6.07, 6.45) is 3.09. The number of carbonyl (C=O) groups is 6. The summed E-state index contributed by atoms with van der Waals surface area (Å²) >= 11 is 0. The number of hydrogen-bond acceptors (Lipinski definition) is 12. The number of imide groups is 2. The number of ether oxygens (including phenoxy) is 3. The number of benzene rings is 3. The van der Waals surface area contributed by atoms with Gasteiger partial charge in [-0.15, -0.1) is 0 Å². The molecule has 16 nitrogen and oxygen atoms in total. The third-order valence-corrected chi connectivity index (χ3v) is 14.5. The molecule has 3 N–H and O–H groups in total. The molecular weight excluding hydrogens is 874 g/mol.